The fourth-order valence-corrected chi connectivity index (χ4v) is 1.92. The second kappa shape index (κ2) is 4.84. The van der Waals surface area contributed by atoms with Crippen molar-refractivity contribution in [1.29, 1.82) is 0 Å². The van der Waals surface area contributed by atoms with E-state index < -0.39 is 18.6 Å². The summed E-state index contributed by atoms with van der Waals surface area (Å²) in [6.45, 7) is 6.15. The van der Waals surface area contributed by atoms with Gasteiger partial charge in [0.1, 0.15) is 6.54 Å². The molecule has 1 aliphatic heterocycles. The molecule has 0 aromatic carbocycles. The SMILES string of the molecule is CC(C)(C)N1CC[C@@H](C(=O)NCC(F)(F)F)C1. The molecular formula is C11H19F3N2O. The Balaban J connectivity index is 2.41. The lowest BCUT2D eigenvalue weighted by molar-refractivity contribution is -0.140. The Kier molecular flexibility index (Phi) is 4.06. The Morgan fingerprint density at radius 2 is 1.94 bits per heavy atom. The van der Waals surface area contributed by atoms with Crippen molar-refractivity contribution in [3.63, 3.8) is 0 Å². The minimum Gasteiger partial charge on any atom is -0.347 e. The molecule has 0 unspecified atom stereocenters. The molecule has 0 aromatic heterocycles. The van der Waals surface area contributed by atoms with Crippen LogP contribution in [0.4, 0.5) is 13.2 Å². The van der Waals surface area contributed by atoms with E-state index >= 15 is 0 Å². The average Bonchev–Trinajstić information content (AvgIpc) is 2.60. The van der Waals surface area contributed by atoms with E-state index in [2.05, 4.69) is 4.90 Å². The first-order chi connectivity index (χ1) is 7.59. The van der Waals surface area contributed by atoms with Gasteiger partial charge in [-0.05, 0) is 33.7 Å². The smallest absolute Gasteiger partial charge is 0.347 e. The van der Waals surface area contributed by atoms with Gasteiger partial charge in [0.25, 0.3) is 0 Å². The van der Waals surface area contributed by atoms with Crippen LogP contribution in [0.25, 0.3) is 0 Å². The number of amides is 1. The summed E-state index contributed by atoms with van der Waals surface area (Å²) < 4.78 is 35.8. The summed E-state index contributed by atoms with van der Waals surface area (Å²) in [6, 6.07) is 0. The van der Waals surface area contributed by atoms with Crippen LogP contribution in [0.5, 0.6) is 0 Å². The normalized spacial score (nSPS) is 22.8. The van der Waals surface area contributed by atoms with Gasteiger partial charge in [-0.1, -0.05) is 0 Å². The van der Waals surface area contributed by atoms with Crippen LogP contribution in [0.2, 0.25) is 0 Å². The van der Waals surface area contributed by atoms with Gasteiger partial charge < -0.3 is 5.32 Å². The first-order valence-electron chi connectivity index (χ1n) is 5.69. The van der Waals surface area contributed by atoms with Gasteiger partial charge in [-0.15, -0.1) is 0 Å². The highest BCUT2D eigenvalue weighted by atomic mass is 19.4. The number of likely N-dealkylation sites (tertiary alicyclic amines) is 1. The van der Waals surface area contributed by atoms with E-state index in [0.717, 1.165) is 6.54 Å². The topological polar surface area (TPSA) is 32.3 Å². The van der Waals surface area contributed by atoms with Crippen LogP contribution < -0.4 is 5.32 Å². The Morgan fingerprint density at radius 1 is 1.35 bits per heavy atom. The highest BCUT2D eigenvalue weighted by molar-refractivity contribution is 5.79. The number of carbonyl (C=O) groups excluding carboxylic acids is 1. The van der Waals surface area contributed by atoms with Crippen molar-refractivity contribution in [2.45, 2.75) is 38.9 Å². The summed E-state index contributed by atoms with van der Waals surface area (Å²) >= 11 is 0. The van der Waals surface area contributed by atoms with Crippen LogP contribution >= 0.6 is 0 Å². The van der Waals surface area contributed by atoms with Crippen molar-refractivity contribution >= 4 is 5.91 Å². The van der Waals surface area contributed by atoms with Gasteiger partial charge in [-0.25, -0.2) is 0 Å². The predicted octanol–water partition coefficient (Wildman–Crippen LogP) is 1.79. The molecule has 0 saturated carbocycles. The molecule has 1 aliphatic rings. The molecule has 1 atom stereocenters. The van der Waals surface area contributed by atoms with E-state index in [9.17, 15) is 18.0 Å². The van der Waals surface area contributed by atoms with Crippen LogP contribution in [-0.2, 0) is 4.79 Å². The number of hydrogen-bond acceptors (Lipinski definition) is 2. The summed E-state index contributed by atoms with van der Waals surface area (Å²) in [5, 5.41) is 1.95. The van der Waals surface area contributed by atoms with Crippen molar-refractivity contribution < 1.29 is 18.0 Å². The second-order valence-corrected chi connectivity index (χ2v) is 5.44. The fourth-order valence-electron chi connectivity index (χ4n) is 1.92. The van der Waals surface area contributed by atoms with Crippen molar-refractivity contribution in [2.75, 3.05) is 19.6 Å². The van der Waals surface area contributed by atoms with Gasteiger partial charge in [0.15, 0.2) is 0 Å². The third-order valence-corrected chi connectivity index (χ3v) is 2.97. The maximum atomic E-state index is 11.9. The van der Waals surface area contributed by atoms with Crippen LogP contribution in [0.15, 0.2) is 0 Å². The number of nitrogens with one attached hydrogen (secondary N) is 1. The molecule has 1 saturated heterocycles. The summed E-state index contributed by atoms with van der Waals surface area (Å²) in [5.74, 6) is -0.814. The number of alkyl halides is 3. The highest BCUT2D eigenvalue weighted by Crippen LogP contribution is 2.24. The largest absolute Gasteiger partial charge is 0.405 e. The van der Waals surface area contributed by atoms with Gasteiger partial charge in [-0.2, -0.15) is 13.2 Å². The Morgan fingerprint density at radius 3 is 2.35 bits per heavy atom. The van der Waals surface area contributed by atoms with Crippen molar-refractivity contribution in [3.8, 4) is 0 Å². The summed E-state index contributed by atoms with van der Waals surface area (Å²) in [5.41, 5.74) is -0.0426. The van der Waals surface area contributed by atoms with Crippen molar-refractivity contribution in [2.24, 2.45) is 5.92 Å². The minimum atomic E-state index is -4.34. The number of nitrogens with zero attached hydrogens (tertiary/aromatic N) is 1. The lowest BCUT2D eigenvalue weighted by atomic mass is 10.1. The third kappa shape index (κ3) is 4.53. The third-order valence-electron chi connectivity index (χ3n) is 2.97. The van der Waals surface area contributed by atoms with Gasteiger partial charge in [0.2, 0.25) is 5.91 Å². The minimum absolute atomic E-state index is 0.0426. The molecule has 3 nitrogen and oxygen atoms in total. The summed E-state index contributed by atoms with van der Waals surface area (Å²) in [6.07, 6.45) is -3.71. The summed E-state index contributed by atoms with van der Waals surface area (Å²) in [4.78, 5) is 13.6. The molecule has 0 aliphatic carbocycles. The number of carbonyl (C=O) groups is 1. The number of rotatable bonds is 2. The molecule has 0 bridgehead atoms. The maximum absolute atomic E-state index is 11.9. The Bertz CT molecular complexity index is 283. The van der Waals surface area contributed by atoms with Crippen molar-refractivity contribution in [1.82, 2.24) is 10.2 Å². The molecule has 100 valence electrons. The molecule has 1 N–H and O–H groups in total. The molecule has 6 heteroatoms. The van der Waals surface area contributed by atoms with Gasteiger partial charge >= 0.3 is 6.18 Å². The van der Waals surface area contributed by atoms with Crippen molar-refractivity contribution in [3.05, 3.63) is 0 Å². The zero-order valence-electron chi connectivity index (χ0n) is 10.4. The fraction of sp³-hybridized carbons (Fsp3) is 0.909. The van der Waals surface area contributed by atoms with E-state index in [1.807, 2.05) is 26.1 Å². The Labute approximate surface area is 99.4 Å². The zero-order valence-corrected chi connectivity index (χ0v) is 10.4. The highest BCUT2D eigenvalue weighted by Gasteiger charge is 2.35. The monoisotopic (exact) mass is 252 g/mol. The second-order valence-electron chi connectivity index (χ2n) is 5.44. The first kappa shape index (κ1) is 14.3. The average molecular weight is 252 g/mol. The molecule has 0 radical (unpaired) electrons. The maximum Gasteiger partial charge on any atom is 0.405 e. The lowest BCUT2D eigenvalue weighted by Gasteiger charge is -2.31. The first-order valence-corrected chi connectivity index (χ1v) is 5.69. The molecule has 0 aromatic rings. The Hall–Kier alpha value is -0.780. The van der Waals surface area contributed by atoms with Crippen LogP contribution in [-0.4, -0.2) is 42.2 Å². The van der Waals surface area contributed by atoms with E-state index in [1.165, 1.54) is 0 Å². The summed E-state index contributed by atoms with van der Waals surface area (Å²) in [7, 11) is 0. The molecule has 1 fully saturated rings. The molecule has 1 rings (SSSR count). The molecule has 17 heavy (non-hydrogen) atoms. The standard InChI is InChI=1S/C11H19F3N2O/c1-10(2,3)16-5-4-8(6-16)9(17)15-7-11(12,13)14/h8H,4-7H2,1-3H3,(H,15,17)/t8-/m1/s1. The van der Waals surface area contributed by atoms with Gasteiger partial charge in [0, 0.05) is 12.1 Å². The van der Waals surface area contributed by atoms with E-state index in [-0.39, 0.29) is 11.5 Å². The lowest BCUT2D eigenvalue weighted by Crippen LogP contribution is -2.42. The zero-order chi connectivity index (χ0) is 13.3. The quantitative estimate of drug-likeness (QED) is 0.812. The van der Waals surface area contributed by atoms with Crippen LogP contribution in [0.1, 0.15) is 27.2 Å². The molecule has 1 amide bonds. The van der Waals surface area contributed by atoms with Gasteiger partial charge in [0.05, 0.1) is 5.92 Å². The number of hydrogen-bond donors (Lipinski definition) is 1. The van der Waals surface area contributed by atoms with E-state index in [4.69, 9.17) is 0 Å². The van der Waals surface area contributed by atoms with Crippen LogP contribution in [0, 0.1) is 5.92 Å². The molecule has 1 heterocycles. The van der Waals surface area contributed by atoms with Gasteiger partial charge in [-0.3, -0.25) is 9.69 Å². The number of halogens is 3. The predicted molar refractivity (Wildman–Crippen MR) is 58.5 cm³/mol. The molecule has 0 spiro atoms. The van der Waals surface area contributed by atoms with E-state index in [1.54, 1.807) is 0 Å². The van der Waals surface area contributed by atoms with E-state index in [0.29, 0.717) is 13.0 Å². The molecular weight excluding hydrogens is 233 g/mol. The van der Waals surface area contributed by atoms with Crippen LogP contribution in [0.3, 0.4) is 0 Å².